The number of hydrogen-bond donors (Lipinski definition) is 0. The number of carbonyl (C=O) groups excluding carboxylic acids is 3. The molecule has 76 heavy (non-hydrogen) atoms. The summed E-state index contributed by atoms with van der Waals surface area (Å²) in [5.74, 6) is -0.909. The van der Waals surface area contributed by atoms with Crippen LogP contribution in [0.5, 0.6) is 0 Å². The summed E-state index contributed by atoms with van der Waals surface area (Å²) in [6.45, 7) is 6.55. The van der Waals surface area contributed by atoms with Crippen LogP contribution in [0.1, 0.15) is 335 Å². The average molecular weight is 1060 g/mol. The van der Waals surface area contributed by atoms with E-state index in [2.05, 4.69) is 93.7 Å². The highest BCUT2D eigenvalue weighted by atomic mass is 16.6. The van der Waals surface area contributed by atoms with Gasteiger partial charge in [0.2, 0.25) is 0 Å². The van der Waals surface area contributed by atoms with Gasteiger partial charge in [-0.25, -0.2) is 0 Å². The molecule has 1 unspecified atom stereocenters. The fourth-order valence-electron chi connectivity index (χ4n) is 9.57. The van der Waals surface area contributed by atoms with Crippen molar-refractivity contribution in [3.8, 4) is 0 Å². The summed E-state index contributed by atoms with van der Waals surface area (Å²) in [5, 5.41) is 0. The molecule has 0 radical (unpaired) electrons. The van der Waals surface area contributed by atoms with E-state index in [9.17, 15) is 14.4 Å². The van der Waals surface area contributed by atoms with Gasteiger partial charge in [0, 0.05) is 19.3 Å². The van der Waals surface area contributed by atoms with Crippen LogP contribution in [0.25, 0.3) is 0 Å². The molecule has 0 aromatic carbocycles. The Balaban J connectivity index is 4.41. The van der Waals surface area contributed by atoms with Crippen LogP contribution in [0, 0.1) is 0 Å². The molecule has 0 aliphatic carbocycles. The van der Waals surface area contributed by atoms with Crippen molar-refractivity contribution >= 4 is 17.9 Å². The first-order chi connectivity index (χ1) is 37.5. The molecule has 0 aromatic rings. The Morgan fingerprint density at radius 2 is 0.513 bits per heavy atom. The van der Waals surface area contributed by atoms with Gasteiger partial charge in [0.05, 0.1) is 0 Å². The fourth-order valence-corrected chi connectivity index (χ4v) is 9.57. The lowest BCUT2D eigenvalue weighted by molar-refractivity contribution is -0.167. The van der Waals surface area contributed by atoms with E-state index in [0.717, 1.165) is 96.3 Å². The third-order valence-electron chi connectivity index (χ3n) is 14.5. The van der Waals surface area contributed by atoms with Crippen LogP contribution in [0.15, 0.2) is 72.9 Å². The smallest absolute Gasteiger partial charge is 0.306 e. The molecular weight excluding hydrogens is 937 g/mol. The van der Waals surface area contributed by atoms with E-state index >= 15 is 0 Å². The monoisotopic (exact) mass is 1060 g/mol. The number of carbonyl (C=O) groups is 3. The van der Waals surface area contributed by atoms with Crippen molar-refractivity contribution in [3.05, 3.63) is 72.9 Å². The number of ether oxygens (including phenoxy) is 3. The molecule has 6 heteroatoms. The van der Waals surface area contributed by atoms with Gasteiger partial charge in [-0.1, -0.05) is 318 Å². The minimum absolute atomic E-state index is 0.0846. The van der Waals surface area contributed by atoms with Crippen LogP contribution in [-0.2, 0) is 28.6 Å². The first kappa shape index (κ1) is 72.8. The average Bonchev–Trinajstić information content (AvgIpc) is 3.42. The van der Waals surface area contributed by atoms with Crippen LogP contribution in [0.4, 0.5) is 0 Å². The molecule has 0 heterocycles. The fraction of sp³-hybridized carbons (Fsp3) is 0.786. The Kier molecular flexibility index (Phi) is 61.7. The maximum Gasteiger partial charge on any atom is 0.306 e. The van der Waals surface area contributed by atoms with Crippen LogP contribution in [0.2, 0.25) is 0 Å². The zero-order valence-corrected chi connectivity index (χ0v) is 50.5. The molecule has 0 aliphatic heterocycles. The predicted molar refractivity (Wildman–Crippen MR) is 330 cm³/mol. The molecule has 0 N–H and O–H groups in total. The van der Waals surface area contributed by atoms with Crippen LogP contribution >= 0.6 is 0 Å². The summed E-state index contributed by atoms with van der Waals surface area (Å²) in [5.41, 5.74) is 0. The lowest BCUT2D eigenvalue weighted by Crippen LogP contribution is -2.30. The highest BCUT2D eigenvalue weighted by Gasteiger charge is 2.19. The number of allylic oxidation sites excluding steroid dienone is 12. The van der Waals surface area contributed by atoms with Crippen molar-refractivity contribution in [2.75, 3.05) is 13.2 Å². The highest BCUT2D eigenvalue weighted by Crippen LogP contribution is 2.18. The zero-order chi connectivity index (χ0) is 55.0. The minimum Gasteiger partial charge on any atom is -0.462 e. The van der Waals surface area contributed by atoms with Crippen molar-refractivity contribution in [3.63, 3.8) is 0 Å². The summed E-state index contributed by atoms with van der Waals surface area (Å²) in [7, 11) is 0. The molecule has 6 nitrogen and oxygen atoms in total. The van der Waals surface area contributed by atoms with Gasteiger partial charge in [-0.2, -0.15) is 0 Å². The third kappa shape index (κ3) is 61.7. The largest absolute Gasteiger partial charge is 0.462 e. The second kappa shape index (κ2) is 64.4. The summed E-state index contributed by atoms with van der Waals surface area (Å²) < 4.78 is 16.9. The standard InChI is InChI=1S/C70H124O6/c1-4-7-10-13-16-19-22-25-28-31-33-35-37-39-42-45-48-51-54-57-60-63-69(72)75-66-67(65-74-68(71)62-59-56-53-50-47-44-41-38-30-27-24-21-18-15-12-9-6-3)76-70(73)64-61-58-55-52-49-46-43-40-36-34-32-29-26-23-20-17-14-11-8-5-2/h7,10,16,19,25,28,33,35,39,42,48,51,67H,4-6,8-9,11-15,17-18,20-24,26-27,29-32,34,36-38,40-41,43-47,49-50,52-66H2,1-3H3/b10-7-,19-16-,28-25-,35-33-,42-39-,51-48-. The molecule has 440 valence electrons. The zero-order valence-electron chi connectivity index (χ0n) is 50.5. The lowest BCUT2D eigenvalue weighted by atomic mass is 10.0. The number of hydrogen-bond acceptors (Lipinski definition) is 6. The Hall–Kier alpha value is -3.15. The molecule has 0 fully saturated rings. The molecule has 0 rings (SSSR count). The Morgan fingerprint density at radius 3 is 0.803 bits per heavy atom. The quantitative estimate of drug-likeness (QED) is 0.0261. The summed E-state index contributed by atoms with van der Waals surface area (Å²) >= 11 is 0. The van der Waals surface area contributed by atoms with Crippen LogP contribution < -0.4 is 0 Å². The highest BCUT2D eigenvalue weighted by molar-refractivity contribution is 5.71. The molecule has 0 spiro atoms. The van der Waals surface area contributed by atoms with Gasteiger partial charge in [-0.05, 0) is 70.6 Å². The molecule has 0 saturated heterocycles. The molecule has 0 bridgehead atoms. The van der Waals surface area contributed by atoms with E-state index in [-0.39, 0.29) is 31.1 Å². The van der Waals surface area contributed by atoms with Crippen molar-refractivity contribution in [2.45, 2.75) is 341 Å². The first-order valence-electron chi connectivity index (χ1n) is 32.9. The van der Waals surface area contributed by atoms with Crippen molar-refractivity contribution < 1.29 is 28.6 Å². The lowest BCUT2D eigenvalue weighted by Gasteiger charge is -2.18. The Morgan fingerprint density at radius 1 is 0.276 bits per heavy atom. The minimum atomic E-state index is -0.792. The second-order valence-electron chi connectivity index (χ2n) is 22.0. The topological polar surface area (TPSA) is 78.9 Å². The molecule has 0 aromatic heterocycles. The number of rotatable bonds is 60. The number of unbranched alkanes of at least 4 members (excludes halogenated alkanes) is 37. The molecule has 0 saturated carbocycles. The summed E-state index contributed by atoms with van der Waals surface area (Å²) in [6, 6.07) is 0. The van der Waals surface area contributed by atoms with Gasteiger partial charge in [0.1, 0.15) is 13.2 Å². The van der Waals surface area contributed by atoms with E-state index in [4.69, 9.17) is 14.2 Å². The maximum absolute atomic E-state index is 12.9. The Labute approximate surface area is 472 Å². The third-order valence-corrected chi connectivity index (χ3v) is 14.5. The normalized spacial score (nSPS) is 12.5. The van der Waals surface area contributed by atoms with Crippen LogP contribution in [-0.4, -0.2) is 37.2 Å². The van der Waals surface area contributed by atoms with E-state index in [1.807, 2.05) is 0 Å². The van der Waals surface area contributed by atoms with E-state index in [0.29, 0.717) is 19.3 Å². The van der Waals surface area contributed by atoms with Gasteiger partial charge in [0.25, 0.3) is 0 Å². The van der Waals surface area contributed by atoms with Crippen molar-refractivity contribution in [2.24, 2.45) is 0 Å². The molecule has 0 aliphatic rings. The Bertz CT molecular complexity index is 1400. The summed E-state index contributed by atoms with van der Waals surface area (Å²) in [6.07, 6.45) is 83.4. The van der Waals surface area contributed by atoms with Gasteiger partial charge >= 0.3 is 17.9 Å². The second-order valence-corrected chi connectivity index (χ2v) is 22.0. The maximum atomic E-state index is 12.9. The SMILES string of the molecule is CC/C=C\C/C=C\C/C=C\C/C=C\C/C=C\C/C=C\CCCCC(=O)OCC(COC(=O)CCCCCCCCCCCCCCCCCCC)OC(=O)CCCCCCCCCCCCCCCCCCCCCC. The van der Waals surface area contributed by atoms with Crippen molar-refractivity contribution in [1.82, 2.24) is 0 Å². The summed E-state index contributed by atoms with van der Waals surface area (Å²) in [4.78, 5) is 38.4. The van der Waals surface area contributed by atoms with Crippen molar-refractivity contribution in [1.29, 1.82) is 0 Å². The first-order valence-corrected chi connectivity index (χ1v) is 32.9. The van der Waals surface area contributed by atoms with Gasteiger partial charge in [0.15, 0.2) is 6.10 Å². The predicted octanol–water partition coefficient (Wildman–Crippen LogP) is 22.5. The van der Waals surface area contributed by atoms with E-state index in [1.54, 1.807) is 0 Å². The van der Waals surface area contributed by atoms with E-state index in [1.165, 1.54) is 199 Å². The number of esters is 3. The van der Waals surface area contributed by atoms with Crippen LogP contribution in [0.3, 0.4) is 0 Å². The molecule has 0 amide bonds. The van der Waals surface area contributed by atoms with Gasteiger partial charge < -0.3 is 14.2 Å². The van der Waals surface area contributed by atoms with E-state index < -0.39 is 6.10 Å². The van der Waals surface area contributed by atoms with Gasteiger partial charge in [-0.15, -0.1) is 0 Å². The van der Waals surface area contributed by atoms with Gasteiger partial charge in [-0.3, -0.25) is 14.4 Å². The molecule has 1 atom stereocenters. The molecular formula is C70H124O6.